The van der Waals surface area contributed by atoms with Gasteiger partial charge in [0.15, 0.2) is 3.95 Å². The molecule has 1 aliphatic rings. The van der Waals surface area contributed by atoms with E-state index in [1.54, 1.807) is 0 Å². The lowest BCUT2D eigenvalue weighted by Gasteiger charge is -2.10. The van der Waals surface area contributed by atoms with E-state index < -0.39 is 0 Å². The van der Waals surface area contributed by atoms with Crippen LogP contribution in [-0.4, -0.2) is 23.5 Å². The largest absolute Gasteiger partial charge is 0.337 e. The van der Waals surface area contributed by atoms with Gasteiger partial charge in [-0.25, -0.2) is 0 Å². The van der Waals surface area contributed by atoms with Gasteiger partial charge in [0, 0.05) is 5.69 Å². The molecule has 1 amide bonds. The van der Waals surface area contributed by atoms with Gasteiger partial charge in [-0.1, -0.05) is 0 Å². The Hall–Kier alpha value is -1.24. The van der Waals surface area contributed by atoms with Crippen LogP contribution in [0.15, 0.2) is 18.2 Å². The zero-order valence-corrected chi connectivity index (χ0v) is 11.3. The Morgan fingerprint density at radius 3 is 3.17 bits per heavy atom. The summed E-state index contributed by atoms with van der Waals surface area (Å²) < 4.78 is 1.82. The van der Waals surface area contributed by atoms with Crippen LogP contribution in [0.5, 0.6) is 0 Å². The quantitative estimate of drug-likeness (QED) is 0.741. The maximum absolute atomic E-state index is 12.0. The molecule has 4 nitrogen and oxygen atoms in total. The fourth-order valence-electron chi connectivity index (χ4n) is 2.16. The third kappa shape index (κ3) is 2.31. The Kier molecular flexibility index (Phi) is 3.15. The zero-order valence-electron chi connectivity index (χ0n) is 9.66. The molecule has 0 saturated carbocycles. The van der Waals surface area contributed by atoms with E-state index in [4.69, 9.17) is 12.2 Å². The first-order valence-corrected chi connectivity index (χ1v) is 7.12. The molecule has 1 atom stereocenters. The van der Waals surface area contributed by atoms with E-state index in [1.165, 1.54) is 11.3 Å². The molecule has 1 fully saturated rings. The minimum Gasteiger partial charge on any atom is -0.337 e. The van der Waals surface area contributed by atoms with Gasteiger partial charge in [0.2, 0.25) is 5.91 Å². The Bertz CT molecular complexity index is 640. The average Bonchev–Trinajstić information content (AvgIpc) is 2.95. The van der Waals surface area contributed by atoms with Crippen molar-refractivity contribution in [3.63, 3.8) is 0 Å². The second kappa shape index (κ2) is 4.79. The molecule has 18 heavy (non-hydrogen) atoms. The summed E-state index contributed by atoms with van der Waals surface area (Å²) in [7, 11) is 0. The highest BCUT2D eigenvalue weighted by Crippen LogP contribution is 2.23. The lowest BCUT2D eigenvalue weighted by Crippen LogP contribution is -2.35. The molecule has 0 radical (unpaired) electrons. The number of fused-ring (bicyclic) bond motifs is 1. The van der Waals surface area contributed by atoms with Crippen LogP contribution in [0.2, 0.25) is 0 Å². The summed E-state index contributed by atoms with van der Waals surface area (Å²) in [5.74, 6) is 0.0472. The highest BCUT2D eigenvalue weighted by atomic mass is 32.1. The Morgan fingerprint density at radius 1 is 1.50 bits per heavy atom. The van der Waals surface area contributed by atoms with Crippen LogP contribution in [0.3, 0.4) is 0 Å². The number of thiazole rings is 1. The van der Waals surface area contributed by atoms with Crippen LogP contribution in [0.1, 0.15) is 12.8 Å². The number of aromatic amines is 1. The highest BCUT2D eigenvalue weighted by molar-refractivity contribution is 7.73. The van der Waals surface area contributed by atoms with E-state index in [0.717, 1.165) is 39.2 Å². The molecule has 2 heterocycles. The van der Waals surface area contributed by atoms with Crippen molar-refractivity contribution in [3.8, 4) is 0 Å². The molecule has 94 valence electrons. The lowest BCUT2D eigenvalue weighted by molar-refractivity contribution is -0.117. The molecular formula is C12H13N3OS2. The van der Waals surface area contributed by atoms with Crippen molar-refractivity contribution in [3.05, 3.63) is 22.2 Å². The zero-order chi connectivity index (χ0) is 12.5. The number of hydrogen-bond acceptors (Lipinski definition) is 4. The van der Waals surface area contributed by atoms with Crippen LogP contribution in [-0.2, 0) is 4.79 Å². The number of benzene rings is 1. The van der Waals surface area contributed by atoms with E-state index in [9.17, 15) is 4.79 Å². The highest BCUT2D eigenvalue weighted by Gasteiger charge is 2.21. The maximum atomic E-state index is 12.0. The van der Waals surface area contributed by atoms with Gasteiger partial charge < -0.3 is 15.6 Å². The summed E-state index contributed by atoms with van der Waals surface area (Å²) in [6, 6.07) is 5.75. The van der Waals surface area contributed by atoms with Crippen molar-refractivity contribution in [2.45, 2.75) is 18.9 Å². The van der Waals surface area contributed by atoms with Gasteiger partial charge in [-0.2, -0.15) is 0 Å². The van der Waals surface area contributed by atoms with Crippen LogP contribution in [0.25, 0.3) is 10.2 Å². The average molecular weight is 279 g/mol. The van der Waals surface area contributed by atoms with Gasteiger partial charge >= 0.3 is 0 Å². The first kappa shape index (κ1) is 11.8. The van der Waals surface area contributed by atoms with Gasteiger partial charge in [-0.15, -0.1) is 11.3 Å². The minimum atomic E-state index is -0.0508. The molecule has 0 spiro atoms. The molecule has 1 aromatic heterocycles. The molecular weight excluding hydrogens is 266 g/mol. The second-order valence-corrected chi connectivity index (χ2v) is 6.08. The second-order valence-electron chi connectivity index (χ2n) is 4.36. The van der Waals surface area contributed by atoms with Gasteiger partial charge in [-0.3, -0.25) is 4.79 Å². The van der Waals surface area contributed by atoms with Crippen molar-refractivity contribution in [1.29, 1.82) is 0 Å². The van der Waals surface area contributed by atoms with E-state index in [2.05, 4.69) is 15.6 Å². The number of H-pyrrole nitrogens is 1. The first-order valence-electron chi connectivity index (χ1n) is 5.89. The smallest absolute Gasteiger partial charge is 0.241 e. The summed E-state index contributed by atoms with van der Waals surface area (Å²) in [4.78, 5) is 15.1. The molecule has 3 N–H and O–H groups in total. The summed E-state index contributed by atoms with van der Waals surface area (Å²) in [5, 5.41) is 6.13. The first-order chi connectivity index (χ1) is 8.72. The fourth-order valence-corrected chi connectivity index (χ4v) is 3.32. The number of anilines is 1. The fraction of sp³-hybridized carbons (Fsp3) is 0.333. The number of aromatic nitrogens is 1. The molecule has 3 rings (SSSR count). The summed E-state index contributed by atoms with van der Waals surface area (Å²) in [6.45, 7) is 0.927. The number of amides is 1. The third-order valence-corrected chi connectivity index (χ3v) is 4.26. The van der Waals surface area contributed by atoms with Gasteiger partial charge in [0.05, 0.1) is 16.3 Å². The molecule has 6 heteroatoms. The van der Waals surface area contributed by atoms with Crippen molar-refractivity contribution in [1.82, 2.24) is 10.3 Å². The Labute approximate surface area is 113 Å². The standard InChI is InChI=1S/C12H13N3OS2/c16-11(9-2-1-5-13-9)14-7-3-4-8-10(6-7)18-12(17)15-8/h3-4,6,9,13H,1-2,5H2,(H,14,16)(H,15,17)/t9-/m1/s1. The molecule has 1 saturated heterocycles. The Balaban J connectivity index is 1.81. The predicted molar refractivity (Wildman–Crippen MR) is 76.7 cm³/mol. The van der Waals surface area contributed by atoms with E-state index in [1.807, 2.05) is 18.2 Å². The van der Waals surface area contributed by atoms with E-state index >= 15 is 0 Å². The van der Waals surface area contributed by atoms with Crippen LogP contribution < -0.4 is 10.6 Å². The molecule has 2 aromatic rings. The number of nitrogens with one attached hydrogen (secondary N) is 3. The number of hydrogen-bond donors (Lipinski definition) is 3. The molecule has 0 unspecified atom stereocenters. The number of carbonyl (C=O) groups is 1. The van der Waals surface area contributed by atoms with E-state index in [-0.39, 0.29) is 11.9 Å². The van der Waals surface area contributed by atoms with Crippen LogP contribution in [0.4, 0.5) is 5.69 Å². The lowest BCUT2D eigenvalue weighted by atomic mass is 10.2. The number of rotatable bonds is 2. The van der Waals surface area contributed by atoms with Crippen molar-refractivity contribution < 1.29 is 4.79 Å². The summed E-state index contributed by atoms with van der Waals surface area (Å²) in [6.07, 6.45) is 1.98. The molecule has 1 aromatic carbocycles. The topological polar surface area (TPSA) is 56.9 Å². The molecule has 0 bridgehead atoms. The normalized spacial score (nSPS) is 19.2. The minimum absolute atomic E-state index is 0.0472. The summed E-state index contributed by atoms with van der Waals surface area (Å²) >= 11 is 6.62. The SMILES string of the molecule is O=C(Nc1ccc2[nH]c(=S)sc2c1)[C@H]1CCCN1. The maximum Gasteiger partial charge on any atom is 0.241 e. The van der Waals surface area contributed by atoms with Gasteiger partial charge in [0.25, 0.3) is 0 Å². The van der Waals surface area contributed by atoms with Crippen molar-refractivity contribution >= 4 is 45.4 Å². The monoisotopic (exact) mass is 279 g/mol. The van der Waals surface area contributed by atoms with Crippen LogP contribution in [0, 0.1) is 3.95 Å². The van der Waals surface area contributed by atoms with Crippen LogP contribution >= 0.6 is 23.6 Å². The third-order valence-electron chi connectivity index (χ3n) is 3.07. The predicted octanol–water partition coefficient (Wildman–Crippen LogP) is 2.65. The Morgan fingerprint density at radius 2 is 2.39 bits per heavy atom. The summed E-state index contributed by atoms with van der Waals surface area (Å²) in [5.41, 5.74) is 1.84. The van der Waals surface area contributed by atoms with E-state index in [0.29, 0.717) is 0 Å². The van der Waals surface area contributed by atoms with Gasteiger partial charge in [-0.05, 0) is 49.8 Å². The molecule has 1 aliphatic heterocycles. The van der Waals surface area contributed by atoms with Gasteiger partial charge in [0.1, 0.15) is 0 Å². The van der Waals surface area contributed by atoms with Crippen molar-refractivity contribution in [2.75, 3.05) is 11.9 Å². The molecule has 0 aliphatic carbocycles. The van der Waals surface area contributed by atoms with Crippen molar-refractivity contribution in [2.24, 2.45) is 0 Å². The number of carbonyl (C=O) groups excluding carboxylic acids is 1.